The predicted octanol–water partition coefficient (Wildman–Crippen LogP) is 1.22. The summed E-state index contributed by atoms with van der Waals surface area (Å²) >= 11 is 0. The molecule has 110 valence electrons. The number of amides is 2. The lowest BCUT2D eigenvalue weighted by molar-refractivity contribution is -0.142. The van der Waals surface area contributed by atoms with Crippen LogP contribution in [-0.4, -0.2) is 42.1 Å². The van der Waals surface area contributed by atoms with Crippen molar-refractivity contribution in [2.45, 2.75) is 47.6 Å². The van der Waals surface area contributed by atoms with Crippen LogP contribution in [0, 0.1) is 11.3 Å². The first kappa shape index (κ1) is 17.6. The molecule has 5 nitrogen and oxygen atoms in total. The van der Waals surface area contributed by atoms with Gasteiger partial charge < -0.3 is 10.2 Å². The van der Waals surface area contributed by atoms with Crippen molar-refractivity contribution < 1.29 is 14.4 Å². The molecule has 2 amide bonds. The number of hydrogen-bond donors (Lipinski definition) is 1. The molecule has 0 saturated heterocycles. The van der Waals surface area contributed by atoms with Crippen LogP contribution in [0.25, 0.3) is 0 Å². The summed E-state index contributed by atoms with van der Waals surface area (Å²) in [6, 6.07) is -0.733. The Morgan fingerprint density at radius 1 is 1.21 bits per heavy atom. The molecule has 0 heterocycles. The number of Topliss-reactive ketones (excluding diaryl/α,β-unsaturated/α-hetero) is 1. The maximum absolute atomic E-state index is 11.9. The minimum Gasteiger partial charge on any atom is -0.349 e. The van der Waals surface area contributed by atoms with Crippen molar-refractivity contribution in [3.8, 4) is 0 Å². The van der Waals surface area contributed by atoms with Crippen LogP contribution in [0.5, 0.6) is 0 Å². The van der Waals surface area contributed by atoms with Gasteiger partial charge in [0.2, 0.25) is 12.2 Å². The molecule has 0 bridgehead atoms. The van der Waals surface area contributed by atoms with Crippen molar-refractivity contribution in [3.05, 3.63) is 0 Å². The summed E-state index contributed by atoms with van der Waals surface area (Å²) < 4.78 is 0. The quantitative estimate of drug-likeness (QED) is 0.559. The van der Waals surface area contributed by atoms with Crippen molar-refractivity contribution in [2.24, 2.45) is 11.3 Å². The van der Waals surface area contributed by atoms with E-state index in [0.29, 0.717) is 19.5 Å². The second-order valence-electron chi connectivity index (χ2n) is 6.48. The molecule has 0 radical (unpaired) electrons. The zero-order chi connectivity index (χ0) is 15.2. The van der Waals surface area contributed by atoms with Crippen molar-refractivity contribution in [2.75, 3.05) is 13.1 Å². The molecule has 1 atom stereocenters. The monoisotopic (exact) mass is 270 g/mol. The molecule has 1 unspecified atom stereocenters. The van der Waals surface area contributed by atoms with Crippen LogP contribution in [-0.2, 0) is 14.4 Å². The molecule has 0 fully saturated rings. The molecule has 0 spiro atoms. The predicted molar refractivity (Wildman–Crippen MR) is 74.5 cm³/mol. The lowest BCUT2D eigenvalue weighted by Crippen LogP contribution is -2.48. The Labute approximate surface area is 115 Å². The van der Waals surface area contributed by atoms with Gasteiger partial charge in [-0.1, -0.05) is 34.6 Å². The summed E-state index contributed by atoms with van der Waals surface area (Å²) in [5, 5.41) is 2.57. The Kier molecular flexibility index (Phi) is 6.73. The Balaban J connectivity index is 4.59. The third kappa shape index (κ3) is 6.94. The summed E-state index contributed by atoms with van der Waals surface area (Å²) in [6.45, 7) is 12.3. The molecular weight excluding hydrogens is 244 g/mol. The van der Waals surface area contributed by atoms with E-state index >= 15 is 0 Å². The van der Waals surface area contributed by atoms with Gasteiger partial charge >= 0.3 is 0 Å². The molecule has 0 rings (SSSR count). The van der Waals surface area contributed by atoms with Crippen molar-refractivity contribution in [3.63, 3.8) is 0 Å². The van der Waals surface area contributed by atoms with Gasteiger partial charge in [-0.15, -0.1) is 0 Å². The van der Waals surface area contributed by atoms with Gasteiger partial charge in [-0.3, -0.25) is 14.4 Å². The fourth-order valence-electron chi connectivity index (χ4n) is 1.54. The average molecular weight is 270 g/mol. The van der Waals surface area contributed by atoms with E-state index in [1.54, 1.807) is 6.92 Å². The van der Waals surface area contributed by atoms with E-state index in [-0.39, 0.29) is 11.3 Å². The van der Waals surface area contributed by atoms with E-state index in [4.69, 9.17) is 0 Å². The number of nitrogens with one attached hydrogen (secondary N) is 1. The highest BCUT2D eigenvalue weighted by Gasteiger charge is 2.28. The van der Waals surface area contributed by atoms with Gasteiger partial charge in [0.05, 0.1) is 6.04 Å². The first-order chi connectivity index (χ1) is 8.58. The number of carbonyl (C=O) groups is 3. The maximum Gasteiger partial charge on any atom is 0.289 e. The maximum atomic E-state index is 11.9. The van der Waals surface area contributed by atoms with Crippen LogP contribution in [0.1, 0.15) is 41.5 Å². The molecule has 0 saturated carbocycles. The van der Waals surface area contributed by atoms with Gasteiger partial charge in [-0.05, 0) is 18.3 Å². The first-order valence-electron chi connectivity index (χ1n) is 6.61. The number of nitrogens with zero attached hydrogens (tertiary/aromatic N) is 1. The highest BCUT2D eigenvalue weighted by molar-refractivity contribution is 6.38. The highest BCUT2D eigenvalue weighted by Crippen LogP contribution is 2.16. The van der Waals surface area contributed by atoms with Crippen LogP contribution in [0.2, 0.25) is 0 Å². The Bertz CT molecular complexity index is 332. The van der Waals surface area contributed by atoms with Gasteiger partial charge in [0, 0.05) is 13.1 Å². The molecule has 5 heteroatoms. The summed E-state index contributed by atoms with van der Waals surface area (Å²) in [5.41, 5.74) is -0.121. The van der Waals surface area contributed by atoms with Crippen LogP contribution in [0.15, 0.2) is 0 Å². The van der Waals surface area contributed by atoms with Crippen LogP contribution >= 0.6 is 0 Å². The van der Waals surface area contributed by atoms with Crippen molar-refractivity contribution >= 4 is 18.1 Å². The highest BCUT2D eigenvalue weighted by atomic mass is 16.2. The van der Waals surface area contributed by atoms with Crippen LogP contribution in [0.3, 0.4) is 0 Å². The SMILES string of the molecule is CC(C)CNC(=O)C(=O)C(C)N(C=O)CC(C)(C)C. The number of hydrogen-bond acceptors (Lipinski definition) is 3. The second-order valence-corrected chi connectivity index (χ2v) is 6.48. The zero-order valence-corrected chi connectivity index (χ0v) is 12.8. The van der Waals surface area contributed by atoms with Crippen LogP contribution < -0.4 is 5.32 Å². The van der Waals surface area contributed by atoms with E-state index in [9.17, 15) is 14.4 Å². The Morgan fingerprint density at radius 3 is 2.11 bits per heavy atom. The number of rotatable bonds is 7. The fraction of sp³-hybridized carbons (Fsp3) is 0.786. The largest absolute Gasteiger partial charge is 0.349 e. The Morgan fingerprint density at radius 2 is 1.74 bits per heavy atom. The molecule has 1 N–H and O–H groups in total. The van der Waals surface area contributed by atoms with Crippen molar-refractivity contribution in [1.29, 1.82) is 0 Å². The molecule has 0 aliphatic carbocycles. The van der Waals surface area contributed by atoms with E-state index < -0.39 is 17.7 Å². The lowest BCUT2D eigenvalue weighted by Gasteiger charge is -2.30. The fourth-order valence-corrected chi connectivity index (χ4v) is 1.54. The minimum absolute atomic E-state index is 0.121. The molecular formula is C14H26N2O3. The topological polar surface area (TPSA) is 66.5 Å². The normalized spacial score (nSPS) is 13.0. The lowest BCUT2D eigenvalue weighted by atomic mass is 9.95. The first-order valence-corrected chi connectivity index (χ1v) is 6.61. The van der Waals surface area contributed by atoms with Gasteiger partial charge in [-0.2, -0.15) is 0 Å². The Hall–Kier alpha value is -1.39. The van der Waals surface area contributed by atoms with E-state index in [1.807, 2.05) is 34.6 Å². The molecule has 0 aromatic heterocycles. The summed E-state index contributed by atoms with van der Waals surface area (Å²) in [6.07, 6.45) is 0.629. The zero-order valence-electron chi connectivity index (χ0n) is 12.8. The molecule has 0 aromatic rings. The number of ketones is 1. The number of carbonyl (C=O) groups excluding carboxylic acids is 3. The third-order valence-corrected chi connectivity index (χ3v) is 2.56. The standard InChI is InChI=1S/C14H26N2O3/c1-10(2)7-15-13(19)12(18)11(3)16(9-17)8-14(4,5)6/h9-11H,7-8H2,1-6H3,(H,15,19). The summed E-state index contributed by atoms with van der Waals surface area (Å²) in [4.78, 5) is 36.0. The molecule has 0 aliphatic heterocycles. The second kappa shape index (κ2) is 7.26. The minimum atomic E-state index is -0.733. The smallest absolute Gasteiger partial charge is 0.289 e. The van der Waals surface area contributed by atoms with E-state index in [2.05, 4.69) is 5.32 Å². The van der Waals surface area contributed by atoms with Crippen LogP contribution in [0.4, 0.5) is 0 Å². The van der Waals surface area contributed by atoms with E-state index in [0.717, 1.165) is 0 Å². The van der Waals surface area contributed by atoms with E-state index in [1.165, 1.54) is 4.90 Å². The van der Waals surface area contributed by atoms with Gasteiger partial charge in [0.25, 0.3) is 5.91 Å². The van der Waals surface area contributed by atoms with Gasteiger partial charge in [0.15, 0.2) is 0 Å². The molecule has 0 aliphatic rings. The van der Waals surface area contributed by atoms with Crippen molar-refractivity contribution in [1.82, 2.24) is 10.2 Å². The van der Waals surface area contributed by atoms with Gasteiger partial charge in [-0.25, -0.2) is 0 Å². The molecule has 19 heavy (non-hydrogen) atoms. The summed E-state index contributed by atoms with van der Waals surface area (Å²) in [5.74, 6) is -0.914. The molecule has 0 aromatic carbocycles. The average Bonchev–Trinajstić information content (AvgIpc) is 2.29. The third-order valence-electron chi connectivity index (χ3n) is 2.56. The van der Waals surface area contributed by atoms with Gasteiger partial charge in [0.1, 0.15) is 0 Å². The summed E-state index contributed by atoms with van der Waals surface area (Å²) in [7, 11) is 0.